The fourth-order valence-corrected chi connectivity index (χ4v) is 0. The van der Waals surface area contributed by atoms with Crippen LogP contribution in [0.15, 0.2) is 0 Å². The van der Waals surface area contributed by atoms with Gasteiger partial charge in [0.15, 0.2) is 0 Å². The van der Waals surface area contributed by atoms with E-state index in [0.29, 0.717) is 0 Å². The van der Waals surface area contributed by atoms with Gasteiger partial charge in [0, 0.05) is 32.7 Å². The van der Waals surface area contributed by atoms with Crippen LogP contribution in [-0.2, 0) is 32.7 Å². The minimum absolute atomic E-state index is 0. The Hall–Kier alpha value is 1.10. The fraction of sp³-hybridized carbons (Fsp3) is 0.667. The molecule has 7 heavy (non-hydrogen) atoms. The van der Waals surface area contributed by atoms with Crippen LogP contribution in [0, 0.1) is 13.3 Å². The van der Waals surface area contributed by atoms with Crippen LogP contribution >= 0.6 is 0 Å². The summed E-state index contributed by atoms with van der Waals surface area (Å²) in [4.78, 5) is 0. The van der Waals surface area contributed by atoms with Crippen LogP contribution in [-0.4, -0.2) is 0 Å². The first kappa shape index (κ1) is 24.3. The van der Waals surface area contributed by atoms with Crippen molar-refractivity contribution >= 4 is 0 Å². The number of hydrogen-bond acceptors (Lipinski definition) is 0. The van der Waals surface area contributed by atoms with E-state index in [1.165, 1.54) is 5.92 Å². The molecule has 0 heterocycles. The maximum absolute atomic E-state index is 2.08. The molecule has 1 radical (unpaired) electrons. The van der Waals surface area contributed by atoms with Gasteiger partial charge in [-0.3, -0.25) is 0 Å². The van der Waals surface area contributed by atoms with Gasteiger partial charge in [-0.05, 0) is 0 Å². The second-order valence-corrected chi connectivity index (χ2v) is 1.50. The third-order valence-corrected chi connectivity index (χ3v) is 0. The molecule has 0 spiro atoms. The normalized spacial score (nSPS) is 5.14. The summed E-state index contributed by atoms with van der Waals surface area (Å²) >= 11 is 0. The van der Waals surface area contributed by atoms with Gasteiger partial charge in [-0.15, -0.1) is 0 Å². The predicted molar refractivity (Wildman–Crippen MR) is 33.4 cm³/mol. The predicted octanol–water partition coefficient (Wildman–Crippen LogP) is 2.70. The summed E-state index contributed by atoms with van der Waals surface area (Å²) in [5, 5.41) is 0. The Morgan fingerprint density at radius 1 is 1.00 bits per heavy atom. The van der Waals surface area contributed by atoms with Crippen LogP contribution in [0.4, 0.5) is 0 Å². The molecule has 0 aliphatic heterocycles. The zero-order valence-corrected chi connectivity index (χ0v) is 7.92. The van der Waals surface area contributed by atoms with Gasteiger partial charge in [-0.2, -0.15) is 20.8 Å². The van der Waals surface area contributed by atoms with Gasteiger partial charge in [-0.25, -0.2) is 0 Å². The Labute approximate surface area is 74.0 Å². The summed E-state index contributed by atoms with van der Waals surface area (Å²) in [5.74, 6) is 1.42. The van der Waals surface area contributed by atoms with Crippen molar-refractivity contribution in [2.75, 3.05) is 0 Å². The van der Waals surface area contributed by atoms with Crippen molar-refractivity contribution in [3.63, 3.8) is 0 Å². The molecule has 0 amide bonds. The van der Waals surface area contributed by atoms with E-state index in [2.05, 4.69) is 20.8 Å². The summed E-state index contributed by atoms with van der Waals surface area (Å²) < 4.78 is 0. The molecule has 0 nitrogen and oxygen atoms in total. The molecule has 0 aliphatic carbocycles. The van der Waals surface area contributed by atoms with E-state index < -0.39 is 0 Å². The molecule has 0 aliphatic rings. The average Bonchev–Trinajstić information content (AvgIpc) is 0.811. The Bertz CT molecular complexity index is 8.90. The van der Waals surface area contributed by atoms with Gasteiger partial charge in [0.1, 0.15) is 0 Å². The molecule has 0 fully saturated rings. The summed E-state index contributed by atoms with van der Waals surface area (Å²) in [6, 6.07) is 0. The Morgan fingerprint density at radius 2 is 1.00 bits per heavy atom. The van der Waals surface area contributed by atoms with Crippen LogP contribution in [0.1, 0.15) is 28.2 Å². The SMILES string of the molecule is C.C[C-](C)C.[CH3-].[Y]. The molecule has 0 atom stereocenters. The molecular weight excluding hydrogens is 161 g/mol. The molecular formula is C6H16Y-2. The molecule has 45 valence electrons. The summed E-state index contributed by atoms with van der Waals surface area (Å²) in [6.45, 7) is 6.25. The summed E-state index contributed by atoms with van der Waals surface area (Å²) in [6.07, 6.45) is 0. The Morgan fingerprint density at radius 3 is 1.00 bits per heavy atom. The van der Waals surface area contributed by atoms with Crippen molar-refractivity contribution in [3.05, 3.63) is 13.3 Å². The van der Waals surface area contributed by atoms with Crippen molar-refractivity contribution in [3.8, 4) is 0 Å². The van der Waals surface area contributed by atoms with Gasteiger partial charge in [0.05, 0.1) is 0 Å². The quantitative estimate of drug-likeness (QED) is 0.499. The van der Waals surface area contributed by atoms with E-state index in [9.17, 15) is 0 Å². The molecule has 0 aromatic carbocycles. The largest absolute Gasteiger partial charge is 0.358 e. The van der Waals surface area contributed by atoms with Crippen LogP contribution < -0.4 is 0 Å². The van der Waals surface area contributed by atoms with Crippen molar-refractivity contribution in [1.82, 2.24) is 0 Å². The molecule has 0 bridgehead atoms. The van der Waals surface area contributed by atoms with E-state index in [1.807, 2.05) is 0 Å². The third kappa shape index (κ3) is 152. The third-order valence-electron chi connectivity index (χ3n) is 0. The van der Waals surface area contributed by atoms with E-state index in [1.54, 1.807) is 0 Å². The van der Waals surface area contributed by atoms with Gasteiger partial charge < -0.3 is 13.3 Å². The van der Waals surface area contributed by atoms with E-state index in [4.69, 9.17) is 0 Å². The molecule has 0 aromatic rings. The first-order valence-electron chi connectivity index (χ1n) is 1.50. The standard InChI is InChI=1S/C4H9.CH4.CH3.Y/c1-4(2)3;;;/h1-3H3;1H4;1H3;/q-1;;-1;. The number of rotatable bonds is 0. The van der Waals surface area contributed by atoms with Crippen molar-refractivity contribution in [2.45, 2.75) is 28.2 Å². The Balaban J connectivity index is -0.0000000150. The van der Waals surface area contributed by atoms with Crippen LogP contribution in [0.25, 0.3) is 0 Å². The van der Waals surface area contributed by atoms with E-state index in [-0.39, 0.29) is 47.6 Å². The van der Waals surface area contributed by atoms with Crippen LogP contribution in [0.5, 0.6) is 0 Å². The first-order chi connectivity index (χ1) is 1.73. The molecule has 0 rings (SSSR count). The molecule has 0 saturated heterocycles. The minimum Gasteiger partial charge on any atom is -0.358 e. The number of hydrogen-bond donors (Lipinski definition) is 0. The van der Waals surface area contributed by atoms with E-state index in [0.717, 1.165) is 0 Å². The van der Waals surface area contributed by atoms with Gasteiger partial charge in [0.25, 0.3) is 0 Å². The molecule has 0 saturated carbocycles. The van der Waals surface area contributed by atoms with E-state index >= 15 is 0 Å². The van der Waals surface area contributed by atoms with Crippen LogP contribution in [0.2, 0.25) is 0 Å². The van der Waals surface area contributed by atoms with Crippen molar-refractivity contribution < 1.29 is 32.7 Å². The topological polar surface area (TPSA) is 0 Å². The maximum atomic E-state index is 2.08. The Kier molecular flexibility index (Phi) is 54.5. The molecule has 0 unspecified atom stereocenters. The minimum atomic E-state index is 0. The average molecular weight is 177 g/mol. The zero-order valence-electron chi connectivity index (χ0n) is 5.08. The second kappa shape index (κ2) is 15.7. The summed E-state index contributed by atoms with van der Waals surface area (Å²) in [7, 11) is 0. The second-order valence-electron chi connectivity index (χ2n) is 1.50. The fourth-order valence-electron chi connectivity index (χ4n) is 0. The zero-order chi connectivity index (χ0) is 3.58. The molecule has 0 aromatic heterocycles. The molecule has 1 heteroatoms. The maximum Gasteiger partial charge on any atom is 0 e. The smallest absolute Gasteiger partial charge is 0 e. The van der Waals surface area contributed by atoms with Crippen molar-refractivity contribution in [2.24, 2.45) is 0 Å². The van der Waals surface area contributed by atoms with Gasteiger partial charge in [-0.1, -0.05) is 7.43 Å². The van der Waals surface area contributed by atoms with Crippen LogP contribution in [0.3, 0.4) is 0 Å². The van der Waals surface area contributed by atoms with Gasteiger partial charge in [0.2, 0.25) is 0 Å². The van der Waals surface area contributed by atoms with Gasteiger partial charge >= 0.3 is 0 Å². The summed E-state index contributed by atoms with van der Waals surface area (Å²) in [5.41, 5.74) is 0. The first-order valence-corrected chi connectivity index (χ1v) is 1.50. The molecule has 0 N–H and O–H groups in total. The van der Waals surface area contributed by atoms with Crippen molar-refractivity contribution in [1.29, 1.82) is 0 Å². The monoisotopic (exact) mass is 177 g/mol.